The van der Waals surface area contributed by atoms with E-state index in [4.69, 9.17) is 9.47 Å². The third-order valence-electron chi connectivity index (χ3n) is 10.5. The first-order valence-electron chi connectivity index (χ1n) is 17.4. The van der Waals surface area contributed by atoms with Crippen LogP contribution in [-0.2, 0) is 0 Å². The van der Waals surface area contributed by atoms with Gasteiger partial charge in [-0.15, -0.1) is 0 Å². The SMILES string of the molecule is c1ccc(N2c3ccccc3B3c4cc5c(cc4Oc4cccc2c43)-c2ccc(N(c3ccccc3)c3ccccc3)c3cccc(c23)O5)cc1. The van der Waals surface area contributed by atoms with Crippen molar-refractivity contribution in [3.05, 3.63) is 176 Å². The van der Waals surface area contributed by atoms with Gasteiger partial charge in [0.25, 0.3) is 6.71 Å². The van der Waals surface area contributed by atoms with Crippen molar-refractivity contribution in [3.8, 4) is 34.1 Å². The summed E-state index contributed by atoms with van der Waals surface area (Å²) in [6.45, 7) is -0.00474. The molecular formula is C46H29BN2O2. The van der Waals surface area contributed by atoms with Crippen LogP contribution in [0.3, 0.4) is 0 Å². The lowest BCUT2D eigenvalue weighted by atomic mass is 9.34. The molecule has 0 N–H and O–H groups in total. The van der Waals surface area contributed by atoms with Crippen molar-refractivity contribution in [1.82, 2.24) is 0 Å². The summed E-state index contributed by atoms with van der Waals surface area (Å²) in [6.07, 6.45) is 0. The molecule has 0 amide bonds. The highest BCUT2D eigenvalue weighted by Gasteiger charge is 2.42. The number of rotatable bonds is 4. The summed E-state index contributed by atoms with van der Waals surface area (Å²) < 4.78 is 13.7. The molecule has 11 rings (SSSR count). The highest BCUT2D eigenvalue weighted by atomic mass is 16.5. The number of anilines is 6. The lowest BCUT2D eigenvalue weighted by molar-refractivity contribution is 0.475. The minimum atomic E-state index is -0.00474. The molecule has 0 radical (unpaired) electrons. The first kappa shape index (κ1) is 28.2. The summed E-state index contributed by atoms with van der Waals surface area (Å²) in [5, 5.41) is 2.22. The molecule has 0 bridgehead atoms. The zero-order chi connectivity index (χ0) is 33.5. The minimum Gasteiger partial charge on any atom is -0.458 e. The van der Waals surface area contributed by atoms with Crippen LogP contribution in [0.4, 0.5) is 34.1 Å². The molecule has 4 nitrogen and oxygen atoms in total. The molecule has 238 valence electrons. The predicted molar refractivity (Wildman–Crippen MR) is 210 cm³/mol. The van der Waals surface area contributed by atoms with E-state index < -0.39 is 0 Å². The van der Waals surface area contributed by atoms with Gasteiger partial charge in [-0.05, 0) is 101 Å². The van der Waals surface area contributed by atoms with E-state index in [-0.39, 0.29) is 6.71 Å². The van der Waals surface area contributed by atoms with Crippen molar-refractivity contribution in [1.29, 1.82) is 0 Å². The summed E-state index contributed by atoms with van der Waals surface area (Å²) in [7, 11) is 0. The lowest BCUT2D eigenvalue weighted by Crippen LogP contribution is -2.59. The van der Waals surface area contributed by atoms with E-state index in [1.807, 2.05) is 0 Å². The molecule has 8 aromatic carbocycles. The Kier molecular flexibility index (Phi) is 6.01. The van der Waals surface area contributed by atoms with Gasteiger partial charge in [-0.1, -0.05) is 97.1 Å². The van der Waals surface area contributed by atoms with Crippen LogP contribution in [-0.4, -0.2) is 6.71 Å². The summed E-state index contributed by atoms with van der Waals surface area (Å²) in [4.78, 5) is 4.68. The van der Waals surface area contributed by atoms with Crippen molar-refractivity contribution < 1.29 is 9.47 Å². The van der Waals surface area contributed by atoms with Crippen LogP contribution in [0, 0.1) is 0 Å². The molecular weight excluding hydrogens is 623 g/mol. The normalized spacial score (nSPS) is 12.9. The Bertz CT molecular complexity index is 2620. The second-order valence-electron chi connectivity index (χ2n) is 13.3. The topological polar surface area (TPSA) is 24.9 Å². The second-order valence-corrected chi connectivity index (χ2v) is 13.3. The van der Waals surface area contributed by atoms with E-state index in [0.717, 1.165) is 78.8 Å². The summed E-state index contributed by atoms with van der Waals surface area (Å²) in [5.41, 5.74) is 12.4. The van der Waals surface area contributed by atoms with Gasteiger partial charge in [0.2, 0.25) is 0 Å². The Labute approximate surface area is 296 Å². The molecule has 0 saturated carbocycles. The fourth-order valence-corrected chi connectivity index (χ4v) is 8.37. The predicted octanol–water partition coefficient (Wildman–Crippen LogP) is 10.5. The van der Waals surface area contributed by atoms with Gasteiger partial charge in [0.05, 0.1) is 5.69 Å². The van der Waals surface area contributed by atoms with E-state index in [1.165, 1.54) is 16.6 Å². The molecule has 0 saturated heterocycles. The van der Waals surface area contributed by atoms with Gasteiger partial charge in [-0.25, -0.2) is 0 Å². The zero-order valence-corrected chi connectivity index (χ0v) is 27.5. The van der Waals surface area contributed by atoms with Crippen molar-refractivity contribution in [3.63, 3.8) is 0 Å². The molecule has 3 aliphatic heterocycles. The Balaban J connectivity index is 1.09. The molecule has 3 aliphatic rings. The molecule has 5 heteroatoms. The maximum Gasteiger partial charge on any atom is 0.256 e. The number of nitrogens with zero attached hydrogens (tertiary/aromatic N) is 2. The third-order valence-corrected chi connectivity index (χ3v) is 10.5. The fraction of sp³-hybridized carbons (Fsp3) is 0. The molecule has 51 heavy (non-hydrogen) atoms. The highest BCUT2D eigenvalue weighted by molar-refractivity contribution is 6.99. The number of hydrogen-bond acceptors (Lipinski definition) is 4. The number of hydrogen-bond donors (Lipinski definition) is 0. The smallest absolute Gasteiger partial charge is 0.256 e. The van der Waals surface area contributed by atoms with Gasteiger partial charge in [0.1, 0.15) is 23.0 Å². The van der Waals surface area contributed by atoms with Crippen LogP contribution < -0.4 is 35.7 Å². The van der Waals surface area contributed by atoms with Gasteiger partial charge in [0, 0.05) is 44.8 Å². The van der Waals surface area contributed by atoms with Crippen molar-refractivity contribution >= 4 is 68.0 Å². The number of ether oxygens (including phenoxy) is 2. The quantitative estimate of drug-likeness (QED) is 0.177. The number of para-hydroxylation sites is 4. The van der Waals surface area contributed by atoms with Crippen LogP contribution in [0.25, 0.3) is 21.9 Å². The van der Waals surface area contributed by atoms with Gasteiger partial charge in [-0.2, -0.15) is 0 Å². The number of fused-ring (bicyclic) bond motifs is 6. The monoisotopic (exact) mass is 652 g/mol. The van der Waals surface area contributed by atoms with E-state index in [9.17, 15) is 0 Å². The first-order chi connectivity index (χ1) is 25.3. The van der Waals surface area contributed by atoms with Gasteiger partial charge in [-0.3, -0.25) is 0 Å². The molecule has 0 aromatic heterocycles. The molecule has 0 unspecified atom stereocenters. The Morgan fingerprint density at radius 1 is 0.451 bits per heavy atom. The molecule has 0 fully saturated rings. The molecule has 3 heterocycles. The highest BCUT2D eigenvalue weighted by Crippen LogP contribution is 2.52. The summed E-state index contributed by atoms with van der Waals surface area (Å²) in [6, 6.07) is 62.1. The van der Waals surface area contributed by atoms with Crippen LogP contribution in [0.5, 0.6) is 23.0 Å². The van der Waals surface area contributed by atoms with Crippen molar-refractivity contribution in [2.45, 2.75) is 0 Å². The zero-order valence-electron chi connectivity index (χ0n) is 27.5. The van der Waals surface area contributed by atoms with Crippen molar-refractivity contribution in [2.24, 2.45) is 0 Å². The summed E-state index contributed by atoms with van der Waals surface area (Å²) in [5.74, 6) is 3.45. The maximum absolute atomic E-state index is 6.88. The van der Waals surface area contributed by atoms with E-state index in [1.54, 1.807) is 0 Å². The minimum absolute atomic E-state index is 0.00474. The Morgan fingerprint density at radius 3 is 1.88 bits per heavy atom. The average molecular weight is 653 g/mol. The number of benzene rings is 8. The van der Waals surface area contributed by atoms with E-state index in [0.29, 0.717) is 0 Å². The fourth-order valence-electron chi connectivity index (χ4n) is 8.37. The summed E-state index contributed by atoms with van der Waals surface area (Å²) >= 11 is 0. The standard InChI is InChI=1S/C46H29BN2O2/c1-4-14-30(15-5-1)48(31-16-6-2-7-17-31)38-27-26-33-35-28-44-37(29-43(35)50-41-24-12-20-34(38)45(33)41)47-36-21-10-11-22-39(36)49(32-18-8-3-9-19-32)40-23-13-25-42(51-44)46(40)47/h1-29H. The van der Waals surface area contributed by atoms with Crippen LogP contribution in [0.2, 0.25) is 0 Å². The van der Waals surface area contributed by atoms with Crippen LogP contribution >= 0.6 is 0 Å². The van der Waals surface area contributed by atoms with Crippen LogP contribution in [0.15, 0.2) is 176 Å². The molecule has 0 spiro atoms. The second kappa shape index (κ2) is 10.9. The lowest BCUT2D eigenvalue weighted by Gasteiger charge is -2.40. The van der Waals surface area contributed by atoms with Crippen LogP contribution in [0.1, 0.15) is 0 Å². The van der Waals surface area contributed by atoms with E-state index in [2.05, 4.69) is 186 Å². The van der Waals surface area contributed by atoms with Gasteiger partial charge >= 0.3 is 0 Å². The van der Waals surface area contributed by atoms with E-state index >= 15 is 0 Å². The molecule has 8 aromatic rings. The molecule has 0 atom stereocenters. The Morgan fingerprint density at radius 2 is 1.10 bits per heavy atom. The van der Waals surface area contributed by atoms with Crippen molar-refractivity contribution in [2.75, 3.05) is 9.80 Å². The third kappa shape index (κ3) is 4.15. The largest absolute Gasteiger partial charge is 0.458 e. The average Bonchev–Trinajstić information content (AvgIpc) is 3.19. The van der Waals surface area contributed by atoms with Gasteiger partial charge < -0.3 is 19.3 Å². The molecule has 0 aliphatic carbocycles. The Hall–Kier alpha value is -6.72. The first-order valence-corrected chi connectivity index (χ1v) is 17.4. The maximum atomic E-state index is 6.88. The van der Waals surface area contributed by atoms with Gasteiger partial charge in [0.15, 0.2) is 0 Å².